The van der Waals surface area contributed by atoms with E-state index in [0.29, 0.717) is 0 Å². The minimum absolute atomic E-state index is 0.00565. The molecular formula is C16H18BrNOS. The number of carbonyl (C=O) groups is 1. The highest BCUT2D eigenvalue weighted by molar-refractivity contribution is 9.11. The van der Waals surface area contributed by atoms with Gasteiger partial charge >= 0.3 is 0 Å². The van der Waals surface area contributed by atoms with Gasteiger partial charge in [-0.25, -0.2) is 0 Å². The second-order valence-electron chi connectivity index (χ2n) is 4.79. The standard InChI is InChI=1S/C16H18BrNOS/c1-3-7-13(12-8-5-4-6-9-12)18-16(19)14-10-11(2)15(17)20-14/h4-6,8-10,13H,3,7H2,1-2H3,(H,18,19). The fraction of sp³-hybridized carbons (Fsp3) is 0.312. The maximum atomic E-state index is 12.3. The number of aryl methyl sites for hydroxylation is 1. The number of hydrogen-bond acceptors (Lipinski definition) is 2. The molecular weight excluding hydrogens is 334 g/mol. The van der Waals surface area contributed by atoms with Gasteiger partial charge in [-0.2, -0.15) is 0 Å². The molecule has 0 fully saturated rings. The number of benzene rings is 1. The molecule has 4 heteroatoms. The molecule has 0 saturated carbocycles. The van der Waals surface area contributed by atoms with E-state index in [4.69, 9.17) is 0 Å². The van der Waals surface area contributed by atoms with Crippen molar-refractivity contribution in [1.29, 1.82) is 0 Å². The van der Waals surface area contributed by atoms with E-state index >= 15 is 0 Å². The SMILES string of the molecule is CCCC(NC(=O)c1cc(C)c(Br)s1)c1ccccc1. The molecule has 0 aliphatic heterocycles. The van der Waals surface area contributed by atoms with E-state index in [1.165, 1.54) is 11.3 Å². The summed E-state index contributed by atoms with van der Waals surface area (Å²) in [7, 11) is 0. The van der Waals surface area contributed by atoms with E-state index in [-0.39, 0.29) is 11.9 Å². The topological polar surface area (TPSA) is 29.1 Å². The normalized spacial score (nSPS) is 12.2. The monoisotopic (exact) mass is 351 g/mol. The average molecular weight is 352 g/mol. The van der Waals surface area contributed by atoms with E-state index < -0.39 is 0 Å². The third-order valence-electron chi connectivity index (χ3n) is 3.17. The summed E-state index contributed by atoms with van der Waals surface area (Å²) < 4.78 is 1.02. The highest BCUT2D eigenvalue weighted by Gasteiger charge is 2.17. The molecule has 1 aromatic carbocycles. The van der Waals surface area contributed by atoms with Crippen molar-refractivity contribution in [2.45, 2.75) is 32.7 Å². The second-order valence-corrected chi connectivity index (χ2v) is 7.16. The summed E-state index contributed by atoms with van der Waals surface area (Å²) in [6, 6.07) is 12.2. The Morgan fingerprint density at radius 3 is 2.60 bits per heavy atom. The zero-order valence-corrected chi connectivity index (χ0v) is 14.1. The van der Waals surface area contributed by atoms with Crippen molar-refractivity contribution < 1.29 is 4.79 Å². The summed E-state index contributed by atoms with van der Waals surface area (Å²) >= 11 is 4.95. The van der Waals surface area contributed by atoms with Crippen LogP contribution in [0.1, 0.15) is 46.6 Å². The summed E-state index contributed by atoms with van der Waals surface area (Å²) in [5, 5.41) is 3.14. The molecule has 1 atom stereocenters. The maximum Gasteiger partial charge on any atom is 0.261 e. The smallest absolute Gasteiger partial charge is 0.261 e. The van der Waals surface area contributed by atoms with E-state index in [9.17, 15) is 4.79 Å². The lowest BCUT2D eigenvalue weighted by atomic mass is 10.0. The van der Waals surface area contributed by atoms with E-state index in [0.717, 1.165) is 32.6 Å². The molecule has 0 aliphatic carbocycles. The van der Waals surface area contributed by atoms with Gasteiger partial charge in [0, 0.05) is 0 Å². The predicted octanol–water partition coefficient (Wildman–Crippen LogP) is 5.09. The molecule has 20 heavy (non-hydrogen) atoms. The number of hydrogen-bond donors (Lipinski definition) is 1. The molecule has 106 valence electrons. The number of halogens is 1. The van der Waals surface area contributed by atoms with E-state index in [2.05, 4.69) is 40.3 Å². The molecule has 2 nitrogen and oxygen atoms in total. The van der Waals surface area contributed by atoms with Crippen LogP contribution in [0, 0.1) is 6.92 Å². The molecule has 1 unspecified atom stereocenters. The number of thiophene rings is 1. The van der Waals surface area contributed by atoms with Gasteiger partial charge in [0.25, 0.3) is 5.91 Å². The summed E-state index contributed by atoms with van der Waals surface area (Å²) in [6.45, 7) is 4.13. The fourth-order valence-electron chi connectivity index (χ4n) is 2.10. The highest BCUT2D eigenvalue weighted by atomic mass is 79.9. The van der Waals surface area contributed by atoms with Gasteiger partial charge in [0.2, 0.25) is 0 Å². The molecule has 0 radical (unpaired) electrons. The predicted molar refractivity (Wildman–Crippen MR) is 88.3 cm³/mol. The van der Waals surface area contributed by atoms with Crippen molar-refractivity contribution in [2.24, 2.45) is 0 Å². The summed E-state index contributed by atoms with van der Waals surface area (Å²) in [5.74, 6) is 0.00565. The van der Waals surface area contributed by atoms with Crippen LogP contribution >= 0.6 is 27.3 Å². The summed E-state index contributed by atoms with van der Waals surface area (Å²) in [6.07, 6.45) is 1.98. The van der Waals surface area contributed by atoms with Crippen molar-refractivity contribution in [1.82, 2.24) is 5.32 Å². The van der Waals surface area contributed by atoms with Crippen LogP contribution in [0.25, 0.3) is 0 Å². The Kier molecular flexibility index (Phi) is 5.38. The molecule has 2 rings (SSSR count). The third-order valence-corrected chi connectivity index (χ3v) is 5.30. The molecule has 1 heterocycles. The number of carbonyl (C=O) groups excluding carboxylic acids is 1. The van der Waals surface area contributed by atoms with Gasteiger partial charge in [0.05, 0.1) is 14.7 Å². The molecule has 1 N–H and O–H groups in total. The highest BCUT2D eigenvalue weighted by Crippen LogP contribution is 2.28. The quantitative estimate of drug-likeness (QED) is 0.798. The minimum atomic E-state index is 0.00565. The Bertz CT molecular complexity index is 560. The fourth-order valence-corrected chi connectivity index (χ4v) is 3.54. The van der Waals surface area contributed by atoms with Crippen LogP contribution in [-0.2, 0) is 0 Å². The van der Waals surface area contributed by atoms with Crippen LogP contribution in [0.5, 0.6) is 0 Å². The van der Waals surface area contributed by atoms with Crippen LogP contribution in [-0.4, -0.2) is 5.91 Å². The first-order valence-electron chi connectivity index (χ1n) is 6.73. The van der Waals surface area contributed by atoms with Crippen molar-refractivity contribution in [2.75, 3.05) is 0 Å². The van der Waals surface area contributed by atoms with Crippen LogP contribution in [0.15, 0.2) is 40.2 Å². The van der Waals surface area contributed by atoms with Gasteiger partial charge in [-0.15, -0.1) is 11.3 Å². The van der Waals surface area contributed by atoms with Gasteiger partial charge in [-0.3, -0.25) is 4.79 Å². The van der Waals surface area contributed by atoms with Crippen LogP contribution in [0.4, 0.5) is 0 Å². The Morgan fingerprint density at radius 1 is 1.35 bits per heavy atom. The number of nitrogens with one attached hydrogen (secondary N) is 1. The summed E-state index contributed by atoms with van der Waals surface area (Å²) in [4.78, 5) is 13.1. The van der Waals surface area contributed by atoms with Gasteiger partial charge < -0.3 is 5.32 Å². The number of rotatable bonds is 5. The maximum absolute atomic E-state index is 12.3. The first-order valence-corrected chi connectivity index (χ1v) is 8.34. The first kappa shape index (κ1) is 15.3. The Labute approximate surface area is 132 Å². The third kappa shape index (κ3) is 3.70. The molecule has 1 amide bonds. The summed E-state index contributed by atoms with van der Waals surface area (Å²) in [5.41, 5.74) is 2.27. The van der Waals surface area contributed by atoms with Gasteiger partial charge in [0.15, 0.2) is 0 Å². The van der Waals surface area contributed by atoms with Gasteiger partial charge in [0.1, 0.15) is 0 Å². The number of amides is 1. The molecule has 0 bridgehead atoms. The van der Waals surface area contributed by atoms with Crippen molar-refractivity contribution >= 4 is 33.2 Å². The lowest BCUT2D eigenvalue weighted by Crippen LogP contribution is -2.27. The molecule has 2 aromatic rings. The minimum Gasteiger partial charge on any atom is -0.345 e. The Balaban J connectivity index is 2.14. The van der Waals surface area contributed by atoms with Crippen LogP contribution in [0.2, 0.25) is 0 Å². The van der Waals surface area contributed by atoms with Crippen molar-refractivity contribution in [3.8, 4) is 0 Å². The van der Waals surface area contributed by atoms with Crippen LogP contribution < -0.4 is 5.32 Å². The molecule has 0 spiro atoms. The first-order chi connectivity index (χ1) is 9.61. The molecule has 0 aliphatic rings. The van der Waals surface area contributed by atoms with Crippen LogP contribution in [0.3, 0.4) is 0 Å². The average Bonchev–Trinajstić information content (AvgIpc) is 2.79. The lowest BCUT2D eigenvalue weighted by molar-refractivity contribution is 0.0938. The van der Waals surface area contributed by atoms with Gasteiger partial charge in [-0.1, -0.05) is 43.7 Å². The van der Waals surface area contributed by atoms with Crippen molar-refractivity contribution in [3.05, 3.63) is 56.2 Å². The zero-order valence-electron chi connectivity index (χ0n) is 11.7. The lowest BCUT2D eigenvalue weighted by Gasteiger charge is -2.18. The van der Waals surface area contributed by atoms with E-state index in [1.54, 1.807) is 0 Å². The second kappa shape index (κ2) is 7.04. The van der Waals surface area contributed by atoms with Crippen molar-refractivity contribution in [3.63, 3.8) is 0 Å². The molecule has 0 saturated heterocycles. The van der Waals surface area contributed by atoms with E-state index in [1.807, 2.05) is 31.2 Å². The van der Waals surface area contributed by atoms with Gasteiger partial charge in [-0.05, 0) is 46.5 Å². The zero-order chi connectivity index (χ0) is 14.5. The molecule has 1 aromatic heterocycles. The Morgan fingerprint density at radius 2 is 2.05 bits per heavy atom. The Hall–Kier alpha value is -1.13. The largest absolute Gasteiger partial charge is 0.345 e.